The standard InChI is InChI=1S/CH3.H2N.W.Y/h1H3;1H2;;/q2*-1;;. The molecule has 0 saturated heterocycles. The summed E-state index contributed by atoms with van der Waals surface area (Å²) in [7, 11) is 0. The molecule has 0 aliphatic heterocycles. The molecule has 0 aliphatic rings. The number of nitrogens with two attached hydrogens (primary N) is 1. The fraction of sp³-hybridized carbons (Fsp3) is 0. The maximum absolute atomic E-state index is 0. The van der Waals surface area contributed by atoms with E-state index in [1.165, 1.54) is 0 Å². The van der Waals surface area contributed by atoms with Gasteiger partial charge in [0.2, 0.25) is 0 Å². The van der Waals surface area contributed by atoms with E-state index in [-0.39, 0.29) is 67.4 Å². The van der Waals surface area contributed by atoms with Crippen molar-refractivity contribution >= 4 is 0 Å². The monoisotopic (exact) mass is 304 g/mol. The van der Waals surface area contributed by atoms with E-state index < -0.39 is 0 Å². The van der Waals surface area contributed by atoms with Crippen molar-refractivity contribution in [2.24, 2.45) is 0 Å². The molecule has 0 rings (SSSR count). The first-order chi connectivity index (χ1) is 0. The van der Waals surface area contributed by atoms with Crippen LogP contribution in [0.2, 0.25) is 0 Å². The minimum Gasteiger partial charge on any atom is -0.693 e. The van der Waals surface area contributed by atoms with E-state index >= 15 is 0 Å². The number of rotatable bonds is 0. The van der Waals surface area contributed by atoms with Gasteiger partial charge in [-0.05, 0) is 0 Å². The molecule has 0 amide bonds. The summed E-state index contributed by atoms with van der Waals surface area (Å²) in [5, 5.41) is 0. The molecular formula is CH5NWY-2. The van der Waals surface area contributed by atoms with Crippen LogP contribution in [0.1, 0.15) is 0 Å². The summed E-state index contributed by atoms with van der Waals surface area (Å²) in [6.45, 7) is 0. The van der Waals surface area contributed by atoms with Gasteiger partial charge in [-0.1, -0.05) is 0 Å². The van der Waals surface area contributed by atoms with Gasteiger partial charge in [0, 0.05) is 53.8 Å². The normalized spacial score (nSPS) is 0. The van der Waals surface area contributed by atoms with E-state index in [9.17, 15) is 0 Å². The molecule has 0 bridgehead atoms. The number of hydrogen-bond acceptors (Lipinski definition) is 0. The van der Waals surface area contributed by atoms with Crippen LogP contribution < -0.4 is 0 Å². The molecular weight excluding hydrogens is 299 g/mol. The largest absolute Gasteiger partial charge is 0.693 e. The average molecular weight is 304 g/mol. The van der Waals surface area contributed by atoms with E-state index in [2.05, 4.69) is 0 Å². The van der Waals surface area contributed by atoms with E-state index in [1.807, 2.05) is 0 Å². The third-order valence-corrected chi connectivity index (χ3v) is 0. The van der Waals surface area contributed by atoms with Crippen LogP contribution in [-0.2, 0) is 53.8 Å². The topological polar surface area (TPSA) is 33.5 Å². The van der Waals surface area contributed by atoms with Crippen LogP contribution >= 0.6 is 0 Å². The molecule has 0 aromatic rings. The van der Waals surface area contributed by atoms with Crippen molar-refractivity contribution in [2.75, 3.05) is 0 Å². The van der Waals surface area contributed by atoms with Gasteiger partial charge in [-0.15, -0.1) is 0 Å². The van der Waals surface area contributed by atoms with Gasteiger partial charge < -0.3 is 13.6 Å². The van der Waals surface area contributed by atoms with Crippen LogP contribution in [0.3, 0.4) is 0 Å². The first-order valence-corrected chi connectivity index (χ1v) is 0. The summed E-state index contributed by atoms with van der Waals surface area (Å²) < 4.78 is 0. The Bertz CT molecular complexity index is 8.00. The number of hydrogen-bond donors (Lipinski definition) is 0. The molecule has 0 atom stereocenters. The van der Waals surface area contributed by atoms with Gasteiger partial charge in [0.25, 0.3) is 0 Å². The minimum absolute atomic E-state index is 0. The second kappa shape index (κ2) is 21.8. The van der Waals surface area contributed by atoms with Crippen molar-refractivity contribution in [1.82, 2.24) is 0 Å². The quantitative estimate of drug-likeness (QED) is 0.602. The van der Waals surface area contributed by atoms with E-state index in [1.54, 1.807) is 0 Å². The Hall–Kier alpha value is 1.75. The minimum atomic E-state index is 0. The molecule has 2 N–H and O–H groups in total. The predicted octanol–water partition coefficient (Wildman–Crippen LogP) is 1.16. The fourth-order valence-electron chi connectivity index (χ4n) is 0. The molecule has 4 heavy (non-hydrogen) atoms. The maximum atomic E-state index is 0. The van der Waals surface area contributed by atoms with Crippen LogP contribution in [0.5, 0.6) is 0 Å². The van der Waals surface area contributed by atoms with E-state index in [4.69, 9.17) is 0 Å². The Balaban J connectivity index is 0. The zero-order valence-corrected chi connectivity index (χ0v) is 8.33. The average Bonchev–Trinajstić information content (AvgIpc) is 0. The zero-order valence-electron chi connectivity index (χ0n) is 2.56. The Morgan fingerprint density at radius 2 is 1.00 bits per heavy atom. The van der Waals surface area contributed by atoms with Gasteiger partial charge in [0.1, 0.15) is 0 Å². The van der Waals surface area contributed by atoms with Gasteiger partial charge in [-0.3, -0.25) is 0 Å². The molecule has 0 spiro atoms. The summed E-state index contributed by atoms with van der Waals surface area (Å²) in [6.07, 6.45) is 0. The third-order valence-electron chi connectivity index (χ3n) is 0. The van der Waals surface area contributed by atoms with Gasteiger partial charge in [0.15, 0.2) is 0 Å². The third kappa shape index (κ3) is 9.26. The summed E-state index contributed by atoms with van der Waals surface area (Å²) in [4.78, 5) is 0. The molecule has 0 saturated carbocycles. The molecule has 0 aromatic heterocycles. The molecule has 1 radical (unpaired) electrons. The SMILES string of the molecule is [CH3-].[NH2-].[W].[Y]. The molecule has 0 heterocycles. The maximum Gasteiger partial charge on any atom is 0 e. The smallest absolute Gasteiger partial charge is 0 e. The second-order valence-electron chi connectivity index (χ2n) is 0. The van der Waals surface area contributed by atoms with Gasteiger partial charge in [-0.25, -0.2) is 0 Å². The Labute approximate surface area is 66.6 Å². The van der Waals surface area contributed by atoms with Crippen LogP contribution in [0.15, 0.2) is 0 Å². The molecule has 1 nitrogen and oxygen atoms in total. The van der Waals surface area contributed by atoms with E-state index in [0.717, 1.165) is 0 Å². The van der Waals surface area contributed by atoms with Crippen molar-refractivity contribution in [1.29, 1.82) is 0 Å². The summed E-state index contributed by atoms with van der Waals surface area (Å²) >= 11 is 0. The van der Waals surface area contributed by atoms with Crippen molar-refractivity contribution in [3.8, 4) is 0 Å². The van der Waals surface area contributed by atoms with Gasteiger partial charge in [-0.2, -0.15) is 0 Å². The van der Waals surface area contributed by atoms with Gasteiger partial charge in [0.05, 0.1) is 0 Å². The summed E-state index contributed by atoms with van der Waals surface area (Å²) in [5.41, 5.74) is 0. The predicted molar refractivity (Wildman–Crippen MR) is 11.7 cm³/mol. The van der Waals surface area contributed by atoms with Crippen LogP contribution in [-0.4, -0.2) is 0 Å². The molecule has 3 heteroatoms. The fourth-order valence-corrected chi connectivity index (χ4v) is 0. The molecule has 0 aromatic carbocycles. The Morgan fingerprint density at radius 3 is 1.00 bits per heavy atom. The van der Waals surface area contributed by atoms with Crippen molar-refractivity contribution in [3.63, 3.8) is 0 Å². The van der Waals surface area contributed by atoms with Gasteiger partial charge >= 0.3 is 0 Å². The summed E-state index contributed by atoms with van der Waals surface area (Å²) in [6, 6.07) is 0. The van der Waals surface area contributed by atoms with Crippen LogP contribution in [0, 0.1) is 7.43 Å². The van der Waals surface area contributed by atoms with E-state index in [0.29, 0.717) is 0 Å². The molecule has 25 valence electrons. The van der Waals surface area contributed by atoms with Crippen molar-refractivity contribution in [2.45, 2.75) is 0 Å². The molecule has 0 fully saturated rings. The van der Waals surface area contributed by atoms with Crippen LogP contribution in [0.25, 0.3) is 6.15 Å². The Morgan fingerprint density at radius 1 is 1.00 bits per heavy atom. The molecule has 0 aliphatic carbocycles. The zero-order chi connectivity index (χ0) is 0. The molecule has 0 unspecified atom stereocenters. The van der Waals surface area contributed by atoms with Crippen molar-refractivity contribution < 1.29 is 53.8 Å². The Kier molecular flexibility index (Phi) is 231. The first-order valence-electron chi connectivity index (χ1n) is 0. The van der Waals surface area contributed by atoms with Crippen LogP contribution in [0.4, 0.5) is 0 Å². The second-order valence-corrected chi connectivity index (χ2v) is 0. The first kappa shape index (κ1) is 42.3. The van der Waals surface area contributed by atoms with Crippen molar-refractivity contribution in [3.05, 3.63) is 13.6 Å². The summed E-state index contributed by atoms with van der Waals surface area (Å²) in [5.74, 6) is 0.